The van der Waals surface area contributed by atoms with E-state index in [-0.39, 0.29) is 0 Å². The van der Waals surface area contributed by atoms with Gasteiger partial charge in [-0.05, 0) is 35.3 Å². The van der Waals surface area contributed by atoms with Crippen LogP contribution >= 0.6 is 0 Å². The zero-order valence-electron chi connectivity index (χ0n) is 15.9. The van der Waals surface area contributed by atoms with Gasteiger partial charge in [-0.3, -0.25) is 4.84 Å². The number of hydroxylamine groups is 1. The lowest BCUT2D eigenvalue weighted by atomic mass is 10.1. The van der Waals surface area contributed by atoms with E-state index in [1.54, 1.807) is 0 Å². The van der Waals surface area contributed by atoms with E-state index in [1.807, 2.05) is 0 Å². The Bertz CT molecular complexity index is 896. The first-order valence-corrected chi connectivity index (χ1v) is 9.59. The monoisotopic (exact) mass is 367 g/mol. The Morgan fingerprint density at radius 2 is 1.96 bits per heavy atom. The van der Waals surface area contributed by atoms with E-state index in [1.165, 1.54) is 5.56 Å². The molecule has 0 bridgehead atoms. The number of benzene rings is 1. The van der Waals surface area contributed by atoms with E-state index in [0.29, 0.717) is 24.8 Å². The summed E-state index contributed by atoms with van der Waals surface area (Å²) in [6.07, 6.45) is 7.98. The number of rotatable bonds is 8. The molecule has 0 saturated carbocycles. The van der Waals surface area contributed by atoms with E-state index in [2.05, 4.69) is 64.6 Å². The molecule has 2 aromatic rings. The minimum atomic E-state index is 0.555. The lowest BCUT2D eigenvalue weighted by Gasteiger charge is -2.12. The third-order valence-corrected chi connectivity index (χ3v) is 4.62. The maximum absolute atomic E-state index is 6.08. The first-order chi connectivity index (χ1) is 13.2. The van der Waals surface area contributed by atoms with Gasteiger partial charge in [0.25, 0.3) is 0 Å². The molecule has 27 heavy (non-hydrogen) atoms. The SMILES string of the molecule is CCCCONC1=c2/c(ccn2Cc2ccc(CN)cc2)=C\CC/C(N)=N\1. The van der Waals surface area contributed by atoms with Gasteiger partial charge in [0.05, 0.1) is 12.0 Å². The molecule has 0 unspecified atom stereocenters. The summed E-state index contributed by atoms with van der Waals surface area (Å²) in [5.74, 6) is 1.27. The molecule has 1 aliphatic rings. The highest BCUT2D eigenvalue weighted by Crippen LogP contribution is 2.06. The van der Waals surface area contributed by atoms with Crippen molar-refractivity contribution in [3.05, 3.63) is 58.2 Å². The van der Waals surface area contributed by atoms with E-state index < -0.39 is 0 Å². The number of nitrogens with one attached hydrogen (secondary N) is 1. The van der Waals surface area contributed by atoms with Crippen LogP contribution in [0.1, 0.15) is 43.7 Å². The van der Waals surface area contributed by atoms with Gasteiger partial charge in [0.2, 0.25) is 0 Å². The van der Waals surface area contributed by atoms with Crippen LogP contribution < -0.4 is 27.5 Å². The Balaban J connectivity index is 1.97. The van der Waals surface area contributed by atoms with Crippen molar-refractivity contribution in [1.82, 2.24) is 10.0 Å². The summed E-state index contributed by atoms with van der Waals surface area (Å²) in [4.78, 5) is 10.2. The molecule has 0 spiro atoms. The summed E-state index contributed by atoms with van der Waals surface area (Å²) in [7, 11) is 0. The molecular weight excluding hydrogens is 338 g/mol. The van der Waals surface area contributed by atoms with E-state index in [4.69, 9.17) is 16.3 Å². The summed E-state index contributed by atoms with van der Waals surface area (Å²) >= 11 is 0. The van der Waals surface area contributed by atoms with Gasteiger partial charge in [-0.2, -0.15) is 0 Å². The van der Waals surface area contributed by atoms with Crippen LogP contribution in [0.2, 0.25) is 0 Å². The number of aromatic nitrogens is 1. The van der Waals surface area contributed by atoms with Gasteiger partial charge in [0.1, 0.15) is 5.84 Å². The lowest BCUT2D eigenvalue weighted by Crippen LogP contribution is -2.37. The molecule has 6 heteroatoms. The van der Waals surface area contributed by atoms with Crippen molar-refractivity contribution < 1.29 is 4.84 Å². The molecule has 3 rings (SSSR count). The zero-order chi connectivity index (χ0) is 19.1. The fourth-order valence-electron chi connectivity index (χ4n) is 3.07. The second-order valence-electron chi connectivity index (χ2n) is 6.77. The molecule has 0 atom stereocenters. The second kappa shape index (κ2) is 9.39. The van der Waals surface area contributed by atoms with Crippen LogP contribution in [0.5, 0.6) is 0 Å². The predicted molar refractivity (Wildman–Crippen MR) is 110 cm³/mol. The molecule has 1 aromatic heterocycles. The first kappa shape index (κ1) is 19.2. The number of hydrogen-bond donors (Lipinski definition) is 3. The van der Waals surface area contributed by atoms with Crippen molar-refractivity contribution in [2.45, 2.75) is 45.7 Å². The molecule has 2 heterocycles. The molecular formula is C21H29N5O. The first-order valence-electron chi connectivity index (χ1n) is 9.59. The van der Waals surface area contributed by atoms with E-state index in [9.17, 15) is 0 Å². The van der Waals surface area contributed by atoms with Crippen LogP contribution in [0, 0.1) is 0 Å². The zero-order valence-corrected chi connectivity index (χ0v) is 15.9. The van der Waals surface area contributed by atoms with Crippen molar-refractivity contribution in [3.63, 3.8) is 0 Å². The highest BCUT2D eigenvalue weighted by molar-refractivity contribution is 5.84. The van der Waals surface area contributed by atoms with Crippen molar-refractivity contribution >= 4 is 17.7 Å². The predicted octanol–water partition coefficient (Wildman–Crippen LogP) is 1.31. The van der Waals surface area contributed by atoms with Gasteiger partial charge in [-0.25, -0.2) is 10.5 Å². The average molecular weight is 367 g/mol. The molecule has 1 aliphatic heterocycles. The molecule has 0 radical (unpaired) electrons. The number of nitrogens with zero attached hydrogens (tertiary/aromatic N) is 2. The lowest BCUT2D eigenvalue weighted by molar-refractivity contribution is 0.0737. The fraction of sp³-hybridized carbons (Fsp3) is 0.381. The Morgan fingerprint density at radius 1 is 1.19 bits per heavy atom. The number of unbranched alkanes of at least 4 members (excludes halogenated alkanes) is 1. The van der Waals surface area contributed by atoms with Crippen LogP contribution in [0.15, 0.2) is 41.5 Å². The van der Waals surface area contributed by atoms with Gasteiger partial charge in [-0.15, -0.1) is 0 Å². The molecule has 0 saturated heterocycles. The van der Waals surface area contributed by atoms with Crippen molar-refractivity contribution in [1.29, 1.82) is 0 Å². The molecule has 0 aliphatic carbocycles. The minimum absolute atomic E-state index is 0.555. The normalized spacial score (nSPS) is 19.2. The molecule has 5 N–H and O–H groups in total. The van der Waals surface area contributed by atoms with E-state index >= 15 is 0 Å². The molecule has 1 aromatic carbocycles. The Morgan fingerprint density at radius 3 is 2.70 bits per heavy atom. The Kier molecular flexibility index (Phi) is 6.68. The molecule has 144 valence electrons. The summed E-state index contributed by atoms with van der Waals surface area (Å²) < 4.78 is 2.18. The van der Waals surface area contributed by atoms with E-state index in [0.717, 1.165) is 48.4 Å². The fourth-order valence-corrected chi connectivity index (χ4v) is 3.07. The standard InChI is InChI=1S/C21H29N5O/c1-2-3-13-27-25-21-20-18(5-4-6-19(23)24-21)11-12-26(20)15-17-9-7-16(14-22)8-10-17/h5,7-12,25H,2-4,6,13-15,22H2,1H3,(H2,23,24)/b18-5-,21-20-. The number of aliphatic imine (C=N–C) groups is 1. The van der Waals surface area contributed by atoms with Crippen LogP contribution in [0.25, 0.3) is 11.9 Å². The number of hydrogen-bond acceptors (Lipinski definition) is 5. The minimum Gasteiger partial charge on any atom is -0.387 e. The van der Waals surface area contributed by atoms with Gasteiger partial charge in [-0.1, -0.05) is 43.7 Å². The highest BCUT2D eigenvalue weighted by Gasteiger charge is 2.09. The summed E-state index contributed by atoms with van der Waals surface area (Å²) in [5, 5.41) is 2.14. The quantitative estimate of drug-likeness (QED) is 0.485. The van der Waals surface area contributed by atoms with Gasteiger partial charge < -0.3 is 16.0 Å². The number of amidine groups is 1. The van der Waals surface area contributed by atoms with Crippen molar-refractivity contribution in [2.24, 2.45) is 16.5 Å². The van der Waals surface area contributed by atoms with Crippen molar-refractivity contribution in [3.8, 4) is 0 Å². The maximum Gasteiger partial charge on any atom is 0.176 e. The molecule has 6 nitrogen and oxygen atoms in total. The highest BCUT2D eigenvalue weighted by atomic mass is 16.6. The van der Waals surface area contributed by atoms with Crippen LogP contribution in [-0.4, -0.2) is 17.0 Å². The van der Waals surface area contributed by atoms with Gasteiger partial charge >= 0.3 is 0 Å². The summed E-state index contributed by atoms with van der Waals surface area (Å²) in [5.41, 5.74) is 17.1. The van der Waals surface area contributed by atoms with Crippen LogP contribution in [-0.2, 0) is 17.9 Å². The molecule has 0 amide bonds. The van der Waals surface area contributed by atoms with Crippen molar-refractivity contribution in [2.75, 3.05) is 6.61 Å². The summed E-state index contributed by atoms with van der Waals surface area (Å²) in [6, 6.07) is 10.5. The second-order valence-corrected chi connectivity index (χ2v) is 6.77. The smallest absolute Gasteiger partial charge is 0.176 e. The third kappa shape index (κ3) is 4.99. The average Bonchev–Trinajstić information content (AvgIpc) is 3.05. The number of nitrogens with two attached hydrogens (primary N) is 2. The van der Waals surface area contributed by atoms with Crippen LogP contribution in [0.3, 0.4) is 0 Å². The summed E-state index contributed by atoms with van der Waals surface area (Å²) in [6.45, 7) is 4.06. The number of fused-ring (bicyclic) bond motifs is 1. The molecule has 0 fully saturated rings. The Hall–Kier alpha value is -2.57. The third-order valence-electron chi connectivity index (χ3n) is 4.62. The van der Waals surface area contributed by atoms with Gasteiger partial charge in [0, 0.05) is 25.7 Å². The maximum atomic E-state index is 6.08. The largest absolute Gasteiger partial charge is 0.387 e. The van der Waals surface area contributed by atoms with Crippen LogP contribution in [0.4, 0.5) is 0 Å². The van der Waals surface area contributed by atoms with Gasteiger partial charge in [0.15, 0.2) is 5.82 Å². The topological polar surface area (TPSA) is 90.6 Å². The Labute approximate surface area is 160 Å².